The van der Waals surface area contributed by atoms with Crippen molar-refractivity contribution in [1.29, 1.82) is 0 Å². The highest BCUT2D eigenvalue weighted by Crippen LogP contribution is 2.31. The predicted octanol–water partition coefficient (Wildman–Crippen LogP) is 5.89. The second-order valence-corrected chi connectivity index (χ2v) is 7.35. The van der Waals surface area contributed by atoms with E-state index >= 15 is 0 Å². The topological polar surface area (TPSA) is 65.1 Å². The molecule has 172 valence electrons. The monoisotopic (exact) mass is 447 g/mol. The number of carbonyl (C=O) groups is 2. The van der Waals surface area contributed by atoms with Gasteiger partial charge in [0.1, 0.15) is 11.5 Å². The van der Waals surface area contributed by atoms with Crippen LogP contribution >= 0.6 is 0 Å². The molecule has 3 rings (SSSR count). The number of carbonyl (C=O) groups excluding carboxylic acids is 2. The summed E-state index contributed by atoms with van der Waals surface area (Å²) in [6, 6.07) is 24.6. The smallest absolute Gasteiger partial charge is 0.340 e. The van der Waals surface area contributed by atoms with Gasteiger partial charge in [0.2, 0.25) is 6.04 Å². The van der Waals surface area contributed by atoms with Crippen molar-refractivity contribution in [2.45, 2.75) is 32.7 Å². The van der Waals surface area contributed by atoms with Crippen molar-refractivity contribution in [2.75, 3.05) is 18.1 Å². The van der Waals surface area contributed by atoms with E-state index in [2.05, 4.69) is 0 Å². The summed E-state index contributed by atoms with van der Waals surface area (Å²) in [4.78, 5) is 27.7. The number of anilines is 2. The summed E-state index contributed by atoms with van der Waals surface area (Å²) in [6.45, 7) is 4.25. The lowest BCUT2D eigenvalue weighted by molar-refractivity contribution is -0.156. The van der Waals surface area contributed by atoms with Crippen molar-refractivity contribution < 1.29 is 23.8 Å². The van der Waals surface area contributed by atoms with E-state index in [9.17, 15) is 9.59 Å². The number of para-hydroxylation sites is 2. The lowest BCUT2D eigenvalue weighted by Crippen LogP contribution is -2.46. The molecule has 0 atom stereocenters. The minimum atomic E-state index is -1.27. The predicted molar refractivity (Wildman–Crippen MR) is 128 cm³/mol. The summed E-state index contributed by atoms with van der Waals surface area (Å²) in [6.07, 6.45) is 1.30. The van der Waals surface area contributed by atoms with Crippen LogP contribution in [0.3, 0.4) is 0 Å². The van der Waals surface area contributed by atoms with Crippen molar-refractivity contribution >= 4 is 23.3 Å². The number of hydrogen-bond donors (Lipinski definition) is 0. The average molecular weight is 448 g/mol. The third kappa shape index (κ3) is 6.59. The molecule has 0 radical (unpaired) electrons. The number of benzene rings is 3. The Bertz CT molecular complexity index is 986. The second-order valence-electron chi connectivity index (χ2n) is 7.35. The van der Waals surface area contributed by atoms with E-state index in [4.69, 9.17) is 14.2 Å². The van der Waals surface area contributed by atoms with E-state index in [0.717, 1.165) is 0 Å². The third-order valence-corrected chi connectivity index (χ3v) is 4.73. The van der Waals surface area contributed by atoms with Crippen LogP contribution in [0.2, 0.25) is 0 Å². The molecular weight excluding hydrogens is 418 g/mol. The van der Waals surface area contributed by atoms with Gasteiger partial charge in [-0.05, 0) is 61.4 Å². The molecule has 6 nitrogen and oxygen atoms in total. The standard InChI is InChI=1S/C27H29NO5/c1-3-19-31-26(29)25(27(30)32-20-4-2)28(21-11-7-5-8-12-21)22-15-17-24(18-16-22)33-23-13-9-6-10-14-23/h5-18,25H,3-4,19-20H2,1-2H3. The molecule has 0 N–H and O–H groups in total. The summed E-state index contributed by atoms with van der Waals surface area (Å²) in [7, 11) is 0. The zero-order valence-electron chi connectivity index (χ0n) is 19.0. The Kier molecular flexibility index (Phi) is 8.88. The highest BCUT2D eigenvalue weighted by atomic mass is 16.6. The lowest BCUT2D eigenvalue weighted by Gasteiger charge is -2.31. The molecule has 0 aliphatic carbocycles. The van der Waals surface area contributed by atoms with Gasteiger partial charge in [-0.25, -0.2) is 9.59 Å². The molecule has 0 heterocycles. The quantitative estimate of drug-likeness (QED) is 0.270. The van der Waals surface area contributed by atoms with Gasteiger partial charge in [0.05, 0.1) is 13.2 Å². The molecule has 0 saturated heterocycles. The van der Waals surface area contributed by atoms with E-state index in [1.165, 1.54) is 0 Å². The van der Waals surface area contributed by atoms with Gasteiger partial charge in [-0.1, -0.05) is 50.2 Å². The zero-order chi connectivity index (χ0) is 23.5. The maximum absolute atomic E-state index is 13.0. The average Bonchev–Trinajstić information content (AvgIpc) is 2.86. The third-order valence-electron chi connectivity index (χ3n) is 4.73. The Morgan fingerprint density at radius 2 is 1.12 bits per heavy atom. The van der Waals surface area contributed by atoms with Crippen LogP contribution in [0.4, 0.5) is 11.4 Å². The van der Waals surface area contributed by atoms with Crippen molar-refractivity contribution in [2.24, 2.45) is 0 Å². The van der Waals surface area contributed by atoms with E-state index in [0.29, 0.717) is 35.7 Å². The minimum Gasteiger partial charge on any atom is -0.464 e. The summed E-state index contributed by atoms with van der Waals surface area (Å²) in [5, 5.41) is 0. The Labute approximate surface area is 194 Å². The fourth-order valence-electron chi connectivity index (χ4n) is 3.21. The molecule has 0 saturated carbocycles. The Balaban J connectivity index is 1.96. The van der Waals surface area contributed by atoms with Crippen molar-refractivity contribution in [3.8, 4) is 11.5 Å². The fraction of sp³-hybridized carbons (Fsp3) is 0.259. The highest BCUT2D eigenvalue weighted by molar-refractivity contribution is 6.04. The first-order valence-electron chi connectivity index (χ1n) is 11.1. The number of ether oxygens (including phenoxy) is 3. The second kappa shape index (κ2) is 12.3. The SMILES string of the molecule is CCCOC(=O)C(C(=O)OCCC)N(c1ccccc1)c1ccc(Oc2ccccc2)cc1. The van der Waals surface area contributed by atoms with Gasteiger partial charge in [0.25, 0.3) is 0 Å². The molecule has 0 amide bonds. The van der Waals surface area contributed by atoms with Gasteiger partial charge < -0.3 is 19.1 Å². The Morgan fingerprint density at radius 1 is 0.667 bits per heavy atom. The molecule has 0 spiro atoms. The van der Waals surface area contributed by atoms with Gasteiger partial charge in [-0.3, -0.25) is 0 Å². The number of rotatable bonds is 11. The van der Waals surface area contributed by atoms with Crippen LogP contribution in [0.25, 0.3) is 0 Å². The van der Waals surface area contributed by atoms with Crippen LogP contribution in [0, 0.1) is 0 Å². The molecule has 0 unspecified atom stereocenters. The van der Waals surface area contributed by atoms with E-state index in [-0.39, 0.29) is 13.2 Å². The minimum absolute atomic E-state index is 0.225. The van der Waals surface area contributed by atoms with Crippen LogP contribution in [0.15, 0.2) is 84.9 Å². The molecule has 0 bridgehead atoms. The normalized spacial score (nSPS) is 10.5. The lowest BCUT2D eigenvalue weighted by atomic mass is 10.1. The summed E-state index contributed by atoms with van der Waals surface area (Å²) in [5.41, 5.74) is 1.30. The summed E-state index contributed by atoms with van der Waals surface area (Å²) in [5.74, 6) is 0.0591. The molecular formula is C27H29NO5. The molecule has 33 heavy (non-hydrogen) atoms. The zero-order valence-corrected chi connectivity index (χ0v) is 19.0. The number of esters is 2. The fourth-order valence-corrected chi connectivity index (χ4v) is 3.21. The van der Waals surface area contributed by atoms with Gasteiger partial charge in [-0.15, -0.1) is 0 Å². The molecule has 3 aromatic rings. The van der Waals surface area contributed by atoms with Crippen LogP contribution in [-0.2, 0) is 19.1 Å². The van der Waals surface area contributed by atoms with Crippen LogP contribution < -0.4 is 9.64 Å². The van der Waals surface area contributed by atoms with E-state index in [1.807, 2.05) is 74.5 Å². The Morgan fingerprint density at radius 3 is 1.64 bits per heavy atom. The van der Waals surface area contributed by atoms with Gasteiger partial charge in [0, 0.05) is 11.4 Å². The van der Waals surface area contributed by atoms with E-state index < -0.39 is 18.0 Å². The van der Waals surface area contributed by atoms with Gasteiger partial charge in [-0.2, -0.15) is 0 Å². The summed E-state index contributed by atoms with van der Waals surface area (Å²) < 4.78 is 16.6. The first-order valence-corrected chi connectivity index (χ1v) is 11.1. The molecule has 0 aliphatic rings. The molecule has 3 aromatic carbocycles. The maximum atomic E-state index is 13.0. The highest BCUT2D eigenvalue weighted by Gasteiger charge is 2.37. The molecule has 6 heteroatoms. The summed E-state index contributed by atoms with van der Waals surface area (Å²) >= 11 is 0. The van der Waals surface area contributed by atoms with Crippen LogP contribution in [0.5, 0.6) is 11.5 Å². The molecule has 0 fully saturated rings. The first-order chi connectivity index (χ1) is 16.1. The molecule has 0 aromatic heterocycles. The van der Waals surface area contributed by atoms with Crippen molar-refractivity contribution in [1.82, 2.24) is 0 Å². The number of hydrogen-bond acceptors (Lipinski definition) is 6. The van der Waals surface area contributed by atoms with E-state index in [1.54, 1.807) is 29.2 Å². The van der Waals surface area contributed by atoms with Gasteiger partial charge >= 0.3 is 11.9 Å². The van der Waals surface area contributed by atoms with Crippen LogP contribution in [0.1, 0.15) is 26.7 Å². The Hall–Kier alpha value is -3.80. The van der Waals surface area contributed by atoms with Crippen molar-refractivity contribution in [3.05, 3.63) is 84.9 Å². The largest absolute Gasteiger partial charge is 0.464 e. The maximum Gasteiger partial charge on any atom is 0.340 e. The van der Waals surface area contributed by atoms with Crippen LogP contribution in [-0.4, -0.2) is 31.2 Å². The number of nitrogens with zero attached hydrogens (tertiary/aromatic N) is 1. The van der Waals surface area contributed by atoms with Gasteiger partial charge in [0.15, 0.2) is 0 Å². The first kappa shape index (κ1) is 23.9. The van der Waals surface area contributed by atoms with Crippen molar-refractivity contribution in [3.63, 3.8) is 0 Å². The molecule has 0 aliphatic heterocycles.